The van der Waals surface area contributed by atoms with Gasteiger partial charge in [0.05, 0.1) is 18.0 Å². The van der Waals surface area contributed by atoms with E-state index in [2.05, 4.69) is 15.5 Å². The molecule has 0 bridgehead atoms. The minimum atomic E-state index is -0.107. The van der Waals surface area contributed by atoms with Gasteiger partial charge in [0.15, 0.2) is 0 Å². The Hall–Kier alpha value is -2.67. The normalized spacial score (nSPS) is 12.0. The molecule has 0 saturated carbocycles. The lowest BCUT2D eigenvalue weighted by Gasteiger charge is -2.14. The van der Waals surface area contributed by atoms with Crippen molar-refractivity contribution in [3.8, 4) is 16.5 Å². The van der Waals surface area contributed by atoms with Gasteiger partial charge in [0.25, 0.3) is 5.89 Å². The summed E-state index contributed by atoms with van der Waals surface area (Å²) in [5.41, 5.74) is 0.992. The Bertz CT molecular complexity index is 888. The number of hydrogen-bond acceptors (Lipinski definition) is 6. The Morgan fingerprint density at radius 1 is 1.31 bits per heavy atom. The first kappa shape index (κ1) is 18.1. The molecule has 1 amide bonds. The lowest BCUT2D eigenvalue weighted by atomic mass is 10.1. The molecule has 1 N–H and O–H groups in total. The van der Waals surface area contributed by atoms with Crippen molar-refractivity contribution in [2.24, 2.45) is 0 Å². The zero-order chi connectivity index (χ0) is 18.5. The minimum absolute atomic E-state index is 0.0629. The van der Waals surface area contributed by atoms with Crippen molar-refractivity contribution < 1.29 is 13.9 Å². The van der Waals surface area contributed by atoms with Crippen LogP contribution in [0.1, 0.15) is 35.7 Å². The molecule has 2 aromatic heterocycles. The summed E-state index contributed by atoms with van der Waals surface area (Å²) in [7, 11) is 1.62. The molecule has 0 saturated heterocycles. The van der Waals surface area contributed by atoms with E-state index in [1.54, 1.807) is 18.4 Å². The number of nitrogens with zero attached hydrogens (tertiary/aromatic N) is 2. The highest BCUT2D eigenvalue weighted by Crippen LogP contribution is 2.26. The van der Waals surface area contributed by atoms with E-state index in [1.165, 1.54) is 4.88 Å². The van der Waals surface area contributed by atoms with Crippen molar-refractivity contribution in [2.75, 3.05) is 7.11 Å². The van der Waals surface area contributed by atoms with Crippen LogP contribution < -0.4 is 10.1 Å². The van der Waals surface area contributed by atoms with Crippen molar-refractivity contribution in [1.29, 1.82) is 0 Å². The zero-order valence-corrected chi connectivity index (χ0v) is 15.8. The lowest BCUT2D eigenvalue weighted by Crippen LogP contribution is -2.26. The van der Waals surface area contributed by atoms with Crippen LogP contribution in [-0.4, -0.2) is 23.2 Å². The van der Waals surface area contributed by atoms with Gasteiger partial charge in [0.2, 0.25) is 11.8 Å². The van der Waals surface area contributed by atoms with Crippen LogP contribution in [-0.2, 0) is 11.2 Å². The number of nitrogens with one attached hydrogen (secondary N) is 1. The molecular weight excluding hydrogens is 350 g/mol. The van der Waals surface area contributed by atoms with Gasteiger partial charge >= 0.3 is 0 Å². The number of aryl methyl sites for hydroxylation is 2. The molecule has 7 heteroatoms. The fraction of sp³-hybridized carbons (Fsp3) is 0.316. The number of thiophene rings is 1. The Balaban J connectivity index is 1.53. The molecule has 0 fully saturated rings. The average Bonchev–Trinajstić information content (AvgIpc) is 3.28. The van der Waals surface area contributed by atoms with E-state index in [0.717, 1.165) is 16.2 Å². The summed E-state index contributed by atoms with van der Waals surface area (Å²) in [5.74, 6) is 1.68. The van der Waals surface area contributed by atoms with Crippen molar-refractivity contribution in [3.05, 3.63) is 52.7 Å². The molecule has 6 nitrogen and oxygen atoms in total. The number of amides is 1. The number of carbonyl (C=O) groups excluding carboxylic acids is 1. The van der Waals surface area contributed by atoms with Gasteiger partial charge in [-0.3, -0.25) is 4.79 Å². The summed E-state index contributed by atoms with van der Waals surface area (Å²) >= 11 is 1.60. The number of ether oxygens (including phenoxy) is 1. The topological polar surface area (TPSA) is 77.2 Å². The van der Waals surface area contributed by atoms with Crippen molar-refractivity contribution in [3.63, 3.8) is 0 Å². The van der Waals surface area contributed by atoms with Gasteiger partial charge in [-0.25, -0.2) is 0 Å². The fourth-order valence-electron chi connectivity index (χ4n) is 2.53. The van der Waals surface area contributed by atoms with Gasteiger partial charge in [0.1, 0.15) is 5.75 Å². The molecule has 1 atom stereocenters. The third-order valence-electron chi connectivity index (χ3n) is 3.96. The van der Waals surface area contributed by atoms with E-state index in [1.807, 2.05) is 50.2 Å². The molecule has 0 aliphatic rings. The molecule has 0 unspecified atom stereocenters. The molecule has 0 aliphatic carbocycles. The summed E-state index contributed by atoms with van der Waals surface area (Å²) in [4.78, 5) is 14.3. The predicted octanol–water partition coefficient (Wildman–Crippen LogP) is 3.93. The molecule has 3 aromatic rings. The van der Waals surface area contributed by atoms with Crippen LogP contribution in [0.15, 0.2) is 40.8 Å². The number of hydrogen-bond donors (Lipinski definition) is 1. The highest BCUT2D eigenvalue weighted by atomic mass is 32.1. The van der Waals surface area contributed by atoms with E-state index in [0.29, 0.717) is 24.6 Å². The Morgan fingerprint density at radius 3 is 2.88 bits per heavy atom. The van der Waals surface area contributed by atoms with E-state index in [4.69, 9.17) is 9.15 Å². The van der Waals surface area contributed by atoms with Gasteiger partial charge < -0.3 is 14.5 Å². The predicted molar refractivity (Wildman–Crippen MR) is 100 cm³/mol. The standard InChI is InChI=1S/C19H21N3O3S/c1-12-7-8-16(26-12)19-22-21-18(25-19)10-9-17(23)20-13(2)14-5-4-6-15(11-14)24-3/h4-8,11,13H,9-10H2,1-3H3,(H,20,23)/t13-/m1/s1. The third-order valence-corrected chi connectivity index (χ3v) is 4.94. The SMILES string of the molecule is COc1cccc([C@@H](C)NC(=O)CCc2nnc(-c3ccc(C)s3)o2)c1. The second-order valence-electron chi connectivity index (χ2n) is 5.98. The zero-order valence-electron chi connectivity index (χ0n) is 15.0. The summed E-state index contributed by atoms with van der Waals surface area (Å²) in [6.07, 6.45) is 0.702. The third kappa shape index (κ3) is 4.49. The van der Waals surface area contributed by atoms with Gasteiger partial charge in [-0.15, -0.1) is 21.5 Å². The maximum atomic E-state index is 12.2. The summed E-state index contributed by atoms with van der Waals surface area (Å²) < 4.78 is 10.9. The smallest absolute Gasteiger partial charge is 0.257 e. The van der Waals surface area contributed by atoms with Crippen LogP contribution in [0, 0.1) is 6.92 Å². The highest BCUT2D eigenvalue weighted by molar-refractivity contribution is 7.15. The molecule has 26 heavy (non-hydrogen) atoms. The van der Waals surface area contributed by atoms with E-state index >= 15 is 0 Å². The number of rotatable bonds is 7. The largest absolute Gasteiger partial charge is 0.497 e. The first-order chi connectivity index (χ1) is 12.5. The number of aromatic nitrogens is 2. The van der Waals surface area contributed by atoms with Crippen LogP contribution >= 0.6 is 11.3 Å². The van der Waals surface area contributed by atoms with Crippen LogP contribution in [0.2, 0.25) is 0 Å². The molecule has 0 spiro atoms. The van der Waals surface area contributed by atoms with Crippen LogP contribution in [0.3, 0.4) is 0 Å². The maximum absolute atomic E-state index is 12.2. The lowest BCUT2D eigenvalue weighted by molar-refractivity contribution is -0.121. The number of benzene rings is 1. The first-order valence-corrected chi connectivity index (χ1v) is 9.19. The van der Waals surface area contributed by atoms with Gasteiger partial charge in [-0.1, -0.05) is 12.1 Å². The van der Waals surface area contributed by atoms with Crippen LogP contribution in [0.4, 0.5) is 0 Å². The van der Waals surface area contributed by atoms with Crippen LogP contribution in [0.5, 0.6) is 5.75 Å². The summed E-state index contributed by atoms with van der Waals surface area (Å²) in [6.45, 7) is 3.97. The van der Waals surface area contributed by atoms with Gasteiger partial charge in [0, 0.05) is 17.7 Å². The van der Waals surface area contributed by atoms with E-state index < -0.39 is 0 Å². The molecule has 1 aromatic carbocycles. The van der Waals surface area contributed by atoms with Gasteiger partial charge in [-0.05, 0) is 43.7 Å². The molecule has 2 heterocycles. The number of carbonyl (C=O) groups is 1. The van der Waals surface area contributed by atoms with E-state index in [-0.39, 0.29) is 11.9 Å². The average molecular weight is 371 g/mol. The molecular formula is C19H21N3O3S. The highest BCUT2D eigenvalue weighted by Gasteiger charge is 2.14. The Labute approximate surface area is 156 Å². The summed E-state index contributed by atoms with van der Waals surface area (Å²) in [5, 5.41) is 11.1. The quantitative estimate of drug-likeness (QED) is 0.681. The fourth-order valence-corrected chi connectivity index (χ4v) is 3.32. The monoisotopic (exact) mass is 371 g/mol. The molecule has 0 radical (unpaired) electrons. The van der Waals surface area contributed by atoms with Crippen molar-refractivity contribution in [2.45, 2.75) is 32.7 Å². The van der Waals surface area contributed by atoms with E-state index in [9.17, 15) is 4.79 Å². The van der Waals surface area contributed by atoms with Crippen molar-refractivity contribution in [1.82, 2.24) is 15.5 Å². The minimum Gasteiger partial charge on any atom is -0.497 e. The van der Waals surface area contributed by atoms with Gasteiger partial charge in [-0.2, -0.15) is 0 Å². The molecule has 0 aliphatic heterocycles. The second-order valence-corrected chi connectivity index (χ2v) is 7.26. The first-order valence-electron chi connectivity index (χ1n) is 8.37. The number of methoxy groups -OCH3 is 1. The van der Waals surface area contributed by atoms with Crippen LogP contribution in [0.25, 0.3) is 10.8 Å². The Kier molecular flexibility index (Phi) is 5.68. The molecule has 136 valence electrons. The summed E-state index contributed by atoms with van der Waals surface area (Å²) in [6, 6.07) is 11.5. The Morgan fingerprint density at radius 2 is 2.15 bits per heavy atom. The molecule has 3 rings (SSSR count). The van der Waals surface area contributed by atoms with Crippen molar-refractivity contribution >= 4 is 17.2 Å². The second kappa shape index (κ2) is 8.14. The maximum Gasteiger partial charge on any atom is 0.257 e.